The topological polar surface area (TPSA) is 0 Å². The lowest BCUT2D eigenvalue weighted by molar-refractivity contribution is -0.137. The number of hydrogen-bond donors (Lipinski definition) is 0. The molecule has 0 radical (unpaired) electrons. The van der Waals surface area contributed by atoms with Gasteiger partial charge < -0.3 is 0 Å². The molecule has 0 saturated heterocycles. The highest BCUT2D eigenvalue weighted by atomic mass is 19.4. The molecule has 0 nitrogen and oxygen atoms in total. The van der Waals surface area contributed by atoms with Crippen LogP contribution in [0.5, 0.6) is 0 Å². The van der Waals surface area contributed by atoms with Crippen LogP contribution in [0.25, 0.3) is 21.9 Å². The van der Waals surface area contributed by atoms with Crippen molar-refractivity contribution in [2.75, 3.05) is 0 Å². The van der Waals surface area contributed by atoms with E-state index in [-0.39, 0.29) is 0 Å². The van der Waals surface area contributed by atoms with Crippen molar-refractivity contribution in [2.45, 2.75) is 13.1 Å². The van der Waals surface area contributed by atoms with Crippen LogP contribution in [-0.2, 0) is 6.18 Å². The molecular formula is C18H13F3. The lowest BCUT2D eigenvalue weighted by Gasteiger charge is -2.12. The summed E-state index contributed by atoms with van der Waals surface area (Å²) < 4.78 is 38.0. The first-order valence-electron chi connectivity index (χ1n) is 6.63. The fourth-order valence-corrected chi connectivity index (χ4v) is 2.59. The Morgan fingerprint density at radius 1 is 0.762 bits per heavy atom. The van der Waals surface area contributed by atoms with Crippen LogP contribution < -0.4 is 0 Å². The molecule has 3 heteroatoms. The minimum absolute atomic E-state index is 0.621. The fourth-order valence-electron chi connectivity index (χ4n) is 2.59. The van der Waals surface area contributed by atoms with E-state index < -0.39 is 11.7 Å². The highest BCUT2D eigenvalue weighted by Crippen LogP contribution is 2.34. The molecule has 0 bridgehead atoms. The minimum Gasteiger partial charge on any atom is -0.166 e. The molecule has 0 spiro atoms. The Morgan fingerprint density at radius 3 is 2.10 bits per heavy atom. The first-order valence-corrected chi connectivity index (χ1v) is 6.63. The molecule has 0 aliphatic heterocycles. The molecule has 0 aliphatic carbocycles. The predicted octanol–water partition coefficient (Wildman–Crippen LogP) is 5.83. The molecule has 0 atom stereocenters. The number of benzene rings is 3. The van der Waals surface area contributed by atoms with Gasteiger partial charge in [0.2, 0.25) is 0 Å². The lowest BCUT2D eigenvalue weighted by Crippen LogP contribution is -2.04. The van der Waals surface area contributed by atoms with Crippen LogP contribution in [0.15, 0.2) is 60.7 Å². The number of fused-ring (bicyclic) bond motifs is 1. The zero-order chi connectivity index (χ0) is 15.0. The quantitative estimate of drug-likeness (QED) is 0.527. The summed E-state index contributed by atoms with van der Waals surface area (Å²) in [5, 5.41) is 2.13. The van der Waals surface area contributed by atoms with Gasteiger partial charge >= 0.3 is 6.18 Å². The normalized spacial score (nSPS) is 11.8. The maximum atomic E-state index is 12.7. The number of hydrogen-bond acceptors (Lipinski definition) is 0. The predicted molar refractivity (Wildman–Crippen MR) is 79.1 cm³/mol. The first-order chi connectivity index (χ1) is 9.97. The monoisotopic (exact) mass is 286 g/mol. The molecule has 0 amide bonds. The average molecular weight is 286 g/mol. The van der Waals surface area contributed by atoms with Crippen LogP contribution in [-0.4, -0.2) is 0 Å². The highest BCUT2D eigenvalue weighted by Gasteiger charge is 2.30. The third-order valence-corrected chi connectivity index (χ3v) is 3.64. The van der Waals surface area contributed by atoms with Crippen LogP contribution in [0.3, 0.4) is 0 Å². The van der Waals surface area contributed by atoms with E-state index in [2.05, 4.69) is 0 Å². The van der Waals surface area contributed by atoms with Crippen molar-refractivity contribution in [1.29, 1.82) is 0 Å². The summed E-state index contributed by atoms with van der Waals surface area (Å²) in [6, 6.07) is 17.3. The molecule has 3 aromatic rings. The maximum absolute atomic E-state index is 12.7. The Morgan fingerprint density at radius 2 is 1.43 bits per heavy atom. The first kappa shape index (κ1) is 13.7. The molecule has 0 heterocycles. The van der Waals surface area contributed by atoms with Crippen molar-refractivity contribution >= 4 is 10.8 Å². The van der Waals surface area contributed by atoms with E-state index in [9.17, 15) is 13.2 Å². The van der Waals surface area contributed by atoms with Gasteiger partial charge in [0.15, 0.2) is 0 Å². The van der Waals surface area contributed by atoms with Crippen LogP contribution in [0.1, 0.15) is 11.1 Å². The van der Waals surface area contributed by atoms with Gasteiger partial charge in [-0.15, -0.1) is 0 Å². The third kappa shape index (κ3) is 2.51. The van der Waals surface area contributed by atoms with Gasteiger partial charge in [-0.25, -0.2) is 0 Å². The van der Waals surface area contributed by atoms with Crippen LogP contribution >= 0.6 is 0 Å². The summed E-state index contributed by atoms with van der Waals surface area (Å²) in [4.78, 5) is 0. The van der Waals surface area contributed by atoms with Gasteiger partial charge in [-0.05, 0) is 46.5 Å². The van der Waals surface area contributed by atoms with Gasteiger partial charge in [-0.3, -0.25) is 0 Å². The molecule has 3 aromatic carbocycles. The number of alkyl halides is 3. The molecule has 3 rings (SSSR count). The summed E-state index contributed by atoms with van der Waals surface area (Å²) >= 11 is 0. The molecule has 21 heavy (non-hydrogen) atoms. The third-order valence-electron chi connectivity index (χ3n) is 3.64. The average Bonchev–Trinajstić information content (AvgIpc) is 2.46. The van der Waals surface area contributed by atoms with Crippen molar-refractivity contribution in [3.05, 3.63) is 71.8 Å². The summed E-state index contributed by atoms with van der Waals surface area (Å²) in [5.41, 5.74) is 2.22. The second-order valence-corrected chi connectivity index (χ2v) is 5.05. The molecule has 0 fully saturated rings. The van der Waals surface area contributed by atoms with Crippen LogP contribution in [0.2, 0.25) is 0 Å². The van der Waals surface area contributed by atoms with E-state index in [1.807, 2.05) is 43.3 Å². The van der Waals surface area contributed by atoms with Crippen molar-refractivity contribution in [3.63, 3.8) is 0 Å². The summed E-state index contributed by atoms with van der Waals surface area (Å²) in [5.74, 6) is 0. The maximum Gasteiger partial charge on any atom is 0.416 e. The standard InChI is InChI=1S/C18H13F3/c1-12-6-7-13-4-2-3-5-16(13)17(12)14-8-10-15(11-9-14)18(19,20)21/h2-11H,1H3. The van der Waals surface area contributed by atoms with E-state index in [1.165, 1.54) is 12.1 Å². The lowest BCUT2D eigenvalue weighted by atomic mass is 9.93. The van der Waals surface area contributed by atoms with Crippen molar-refractivity contribution in [1.82, 2.24) is 0 Å². The van der Waals surface area contributed by atoms with Gasteiger partial charge in [-0.2, -0.15) is 13.2 Å². The van der Waals surface area contributed by atoms with Crippen molar-refractivity contribution in [3.8, 4) is 11.1 Å². The molecule has 0 aliphatic rings. The van der Waals surface area contributed by atoms with Crippen LogP contribution in [0, 0.1) is 6.92 Å². The fraction of sp³-hybridized carbons (Fsp3) is 0.111. The summed E-state index contributed by atoms with van der Waals surface area (Å²) in [6.45, 7) is 1.97. The van der Waals surface area contributed by atoms with Crippen LogP contribution in [0.4, 0.5) is 13.2 Å². The van der Waals surface area contributed by atoms with E-state index in [4.69, 9.17) is 0 Å². The van der Waals surface area contributed by atoms with Gasteiger partial charge in [-0.1, -0.05) is 48.5 Å². The zero-order valence-corrected chi connectivity index (χ0v) is 11.4. The largest absolute Gasteiger partial charge is 0.416 e. The summed E-state index contributed by atoms with van der Waals surface area (Å²) in [6.07, 6.45) is -4.30. The van der Waals surface area contributed by atoms with Gasteiger partial charge in [0.05, 0.1) is 5.56 Å². The van der Waals surface area contributed by atoms with Crippen molar-refractivity contribution in [2.24, 2.45) is 0 Å². The Balaban J connectivity index is 2.19. The number of aryl methyl sites for hydroxylation is 1. The summed E-state index contributed by atoms with van der Waals surface area (Å²) in [7, 11) is 0. The Kier molecular flexibility index (Phi) is 3.20. The minimum atomic E-state index is -4.30. The molecular weight excluding hydrogens is 273 g/mol. The van der Waals surface area contributed by atoms with E-state index in [0.717, 1.165) is 39.6 Å². The zero-order valence-electron chi connectivity index (χ0n) is 11.4. The Labute approximate surface area is 120 Å². The second-order valence-electron chi connectivity index (χ2n) is 5.05. The second kappa shape index (κ2) is 4.92. The van der Waals surface area contributed by atoms with E-state index >= 15 is 0 Å². The molecule has 0 unspecified atom stereocenters. The highest BCUT2D eigenvalue weighted by molar-refractivity contribution is 5.98. The molecule has 0 saturated carbocycles. The van der Waals surface area contributed by atoms with E-state index in [0.29, 0.717) is 0 Å². The Hall–Kier alpha value is -2.29. The smallest absolute Gasteiger partial charge is 0.166 e. The van der Waals surface area contributed by atoms with Gasteiger partial charge in [0.1, 0.15) is 0 Å². The SMILES string of the molecule is Cc1ccc2ccccc2c1-c1ccc(C(F)(F)F)cc1. The van der Waals surface area contributed by atoms with E-state index in [1.54, 1.807) is 0 Å². The molecule has 106 valence electrons. The number of halogens is 3. The molecule has 0 aromatic heterocycles. The Bertz CT molecular complexity index is 784. The van der Waals surface area contributed by atoms with Gasteiger partial charge in [0.25, 0.3) is 0 Å². The van der Waals surface area contributed by atoms with Crippen molar-refractivity contribution < 1.29 is 13.2 Å². The molecule has 0 N–H and O–H groups in total. The van der Waals surface area contributed by atoms with Gasteiger partial charge in [0, 0.05) is 0 Å². The number of rotatable bonds is 1.